The van der Waals surface area contributed by atoms with Crippen LogP contribution in [-0.4, -0.2) is 62.0 Å². The molecule has 1 aliphatic heterocycles. The van der Waals surface area contributed by atoms with Gasteiger partial charge in [-0.3, -0.25) is 19.2 Å². The van der Waals surface area contributed by atoms with Crippen LogP contribution in [0.2, 0.25) is 0 Å². The van der Waals surface area contributed by atoms with Crippen molar-refractivity contribution in [3.8, 4) is 5.75 Å². The maximum absolute atomic E-state index is 15.4. The molecule has 4 rings (SSSR count). The lowest BCUT2D eigenvalue weighted by molar-refractivity contribution is -0.254. The van der Waals surface area contributed by atoms with Crippen LogP contribution in [-0.2, 0) is 49.3 Å². The summed E-state index contributed by atoms with van der Waals surface area (Å²) in [4.78, 5) is 49.0. The first-order valence-corrected chi connectivity index (χ1v) is 13.9. The van der Waals surface area contributed by atoms with Gasteiger partial charge < -0.3 is 28.4 Å². The zero-order valence-electron chi connectivity index (χ0n) is 23.7. The van der Waals surface area contributed by atoms with Crippen LogP contribution in [0.5, 0.6) is 5.75 Å². The second kappa shape index (κ2) is 13.3. The minimum Gasteiger partial charge on any atom is -0.496 e. The number of hydrogen-bond acceptors (Lipinski definition) is 11. The lowest BCUT2D eigenvalue weighted by Gasteiger charge is -2.44. The summed E-state index contributed by atoms with van der Waals surface area (Å²) >= 11 is 1.53. The van der Waals surface area contributed by atoms with Crippen molar-refractivity contribution in [3.05, 3.63) is 64.3 Å². The summed E-state index contributed by atoms with van der Waals surface area (Å²) < 4.78 is 49.9. The molecule has 0 radical (unpaired) electrons. The molecule has 1 aliphatic rings. The lowest BCUT2D eigenvalue weighted by Crippen LogP contribution is -2.59. The van der Waals surface area contributed by atoms with E-state index in [-0.39, 0.29) is 24.3 Å². The molecular weight excluding hydrogens is 571 g/mol. The zero-order valence-corrected chi connectivity index (χ0v) is 24.5. The number of hydrogen-bond donors (Lipinski definition) is 0. The molecule has 10 nitrogen and oxygen atoms in total. The highest BCUT2D eigenvalue weighted by Gasteiger charge is 2.53. The van der Waals surface area contributed by atoms with Crippen molar-refractivity contribution in [1.29, 1.82) is 0 Å². The first kappa shape index (κ1) is 30.9. The maximum atomic E-state index is 15.4. The fraction of sp³-hybridized carbons (Fsp3) is 0.400. The summed E-state index contributed by atoms with van der Waals surface area (Å²) in [7, 11) is 1.34. The van der Waals surface area contributed by atoms with Crippen molar-refractivity contribution >= 4 is 45.3 Å². The number of methoxy groups -OCH3 is 1. The molecule has 0 N–H and O–H groups in total. The van der Waals surface area contributed by atoms with Gasteiger partial charge in [-0.25, -0.2) is 4.39 Å². The molecule has 2 heterocycles. The standard InChI is InChI=1S/C30H31FO10S/c1-15(32)37-14-25-28(38-16(2)33)30(40-18(4)35)29(39-17(3)34)27(41-25)22-12-20(23(31)13-24(22)36-5)11-21-10-19-8-6-7-9-26(19)42-21/h6-10,12-13,25,27-30H,11,14H2,1-5H3/t25-,27+,28-,29+,30+/m1/s1. The Morgan fingerprint density at radius 2 is 1.50 bits per heavy atom. The van der Waals surface area contributed by atoms with Crippen molar-refractivity contribution in [2.45, 2.75) is 64.6 Å². The van der Waals surface area contributed by atoms with Gasteiger partial charge in [-0.1, -0.05) is 18.2 Å². The Labute approximate surface area is 245 Å². The molecule has 0 bridgehead atoms. The van der Waals surface area contributed by atoms with E-state index < -0.39 is 60.2 Å². The van der Waals surface area contributed by atoms with Crippen LogP contribution in [0.15, 0.2) is 42.5 Å². The van der Waals surface area contributed by atoms with Gasteiger partial charge in [0.1, 0.15) is 30.4 Å². The van der Waals surface area contributed by atoms with E-state index in [1.54, 1.807) is 6.07 Å². The molecule has 3 aromatic rings. The van der Waals surface area contributed by atoms with Crippen LogP contribution in [0.4, 0.5) is 4.39 Å². The van der Waals surface area contributed by atoms with Crippen molar-refractivity contribution < 1.29 is 52.0 Å². The summed E-state index contributed by atoms with van der Waals surface area (Å²) in [5.74, 6) is -3.31. The fourth-order valence-electron chi connectivity index (χ4n) is 4.94. The van der Waals surface area contributed by atoms with Crippen LogP contribution >= 0.6 is 11.3 Å². The van der Waals surface area contributed by atoms with Crippen molar-refractivity contribution in [2.75, 3.05) is 13.7 Å². The molecule has 0 unspecified atom stereocenters. The van der Waals surface area contributed by atoms with E-state index in [4.69, 9.17) is 28.4 Å². The van der Waals surface area contributed by atoms with E-state index in [1.165, 1.54) is 31.4 Å². The molecule has 1 saturated heterocycles. The highest BCUT2D eigenvalue weighted by Crippen LogP contribution is 2.42. The van der Waals surface area contributed by atoms with E-state index in [2.05, 4.69) is 0 Å². The molecule has 1 aromatic heterocycles. The second-order valence-electron chi connectivity index (χ2n) is 9.73. The molecule has 224 valence electrons. The number of benzene rings is 2. The predicted molar refractivity (Wildman–Crippen MR) is 148 cm³/mol. The predicted octanol–water partition coefficient (Wildman–Crippen LogP) is 4.44. The van der Waals surface area contributed by atoms with Gasteiger partial charge in [0.25, 0.3) is 0 Å². The minimum absolute atomic E-state index is 0.0773. The maximum Gasteiger partial charge on any atom is 0.303 e. The smallest absolute Gasteiger partial charge is 0.303 e. The number of thiophene rings is 1. The zero-order chi connectivity index (χ0) is 30.6. The van der Waals surface area contributed by atoms with Gasteiger partial charge >= 0.3 is 23.9 Å². The van der Waals surface area contributed by atoms with Crippen LogP contribution in [0.25, 0.3) is 10.1 Å². The van der Waals surface area contributed by atoms with Gasteiger partial charge in [0.2, 0.25) is 0 Å². The number of esters is 4. The molecule has 0 saturated carbocycles. The Morgan fingerprint density at radius 3 is 2.12 bits per heavy atom. The van der Waals surface area contributed by atoms with Crippen LogP contribution in [0, 0.1) is 5.82 Å². The molecule has 2 aromatic carbocycles. The van der Waals surface area contributed by atoms with Gasteiger partial charge in [-0.2, -0.15) is 0 Å². The largest absolute Gasteiger partial charge is 0.496 e. The third-order valence-electron chi connectivity index (χ3n) is 6.54. The summed E-state index contributed by atoms with van der Waals surface area (Å²) in [6, 6.07) is 12.5. The van der Waals surface area contributed by atoms with Crippen molar-refractivity contribution in [2.24, 2.45) is 0 Å². The molecule has 5 atom stereocenters. The van der Waals surface area contributed by atoms with E-state index in [1.807, 2.05) is 30.3 Å². The summed E-state index contributed by atoms with van der Waals surface area (Å²) in [5.41, 5.74) is 0.595. The first-order chi connectivity index (χ1) is 20.0. The Kier molecular flexibility index (Phi) is 9.79. The monoisotopic (exact) mass is 602 g/mol. The molecule has 1 fully saturated rings. The normalized spacial score (nSPS) is 21.8. The van der Waals surface area contributed by atoms with E-state index in [0.717, 1.165) is 35.7 Å². The van der Waals surface area contributed by atoms with Crippen LogP contribution in [0.3, 0.4) is 0 Å². The molecule has 12 heteroatoms. The minimum atomic E-state index is -1.37. The highest BCUT2D eigenvalue weighted by atomic mass is 32.1. The Hall–Kier alpha value is -4.03. The van der Waals surface area contributed by atoms with E-state index in [0.29, 0.717) is 5.56 Å². The Bertz CT molecular complexity index is 1450. The lowest BCUT2D eigenvalue weighted by atomic mass is 9.89. The average molecular weight is 603 g/mol. The number of halogens is 1. The van der Waals surface area contributed by atoms with E-state index in [9.17, 15) is 19.2 Å². The Balaban J connectivity index is 1.82. The number of carbonyl (C=O) groups is 4. The van der Waals surface area contributed by atoms with Gasteiger partial charge in [0, 0.05) is 55.3 Å². The molecule has 42 heavy (non-hydrogen) atoms. The summed E-state index contributed by atoms with van der Waals surface area (Å²) in [6.07, 6.45) is -6.14. The molecule has 0 aliphatic carbocycles. The average Bonchev–Trinajstić information content (AvgIpc) is 3.32. The summed E-state index contributed by atoms with van der Waals surface area (Å²) in [5, 5.41) is 1.03. The van der Waals surface area contributed by atoms with Gasteiger partial charge in [-0.15, -0.1) is 11.3 Å². The summed E-state index contributed by atoms with van der Waals surface area (Å²) in [6.45, 7) is 4.25. The van der Waals surface area contributed by atoms with Gasteiger partial charge in [0.05, 0.1) is 7.11 Å². The second-order valence-corrected chi connectivity index (χ2v) is 10.9. The van der Waals surface area contributed by atoms with Crippen LogP contribution in [0.1, 0.15) is 49.8 Å². The fourth-order valence-corrected chi connectivity index (χ4v) is 6.03. The molecule has 0 amide bonds. The number of rotatable bonds is 9. The van der Waals surface area contributed by atoms with Crippen molar-refractivity contribution in [3.63, 3.8) is 0 Å². The number of ether oxygens (including phenoxy) is 6. The van der Waals surface area contributed by atoms with Gasteiger partial charge in [-0.05, 0) is 29.1 Å². The quantitative estimate of drug-likeness (QED) is 0.257. The Morgan fingerprint density at radius 1 is 0.857 bits per heavy atom. The van der Waals surface area contributed by atoms with Crippen molar-refractivity contribution in [1.82, 2.24) is 0 Å². The third kappa shape index (κ3) is 7.24. The molecule has 0 spiro atoms. The number of carbonyl (C=O) groups excluding carboxylic acids is 4. The van der Waals surface area contributed by atoms with E-state index >= 15 is 4.39 Å². The van der Waals surface area contributed by atoms with Gasteiger partial charge in [0.15, 0.2) is 18.3 Å². The third-order valence-corrected chi connectivity index (χ3v) is 7.65. The first-order valence-electron chi connectivity index (χ1n) is 13.1. The number of fused-ring (bicyclic) bond motifs is 1. The SMILES string of the molecule is COc1cc(F)c(Cc2cc3ccccc3s2)cc1[C@@H]1O[C@H](COC(C)=O)[C@@H](OC(C)=O)[C@H](OC(C)=O)[C@H]1OC(C)=O. The van der Waals surface area contributed by atoms with Crippen LogP contribution < -0.4 is 4.74 Å². The highest BCUT2D eigenvalue weighted by molar-refractivity contribution is 7.19. The molecular formula is C30H31FO10S. The topological polar surface area (TPSA) is 124 Å².